The highest BCUT2D eigenvalue weighted by Crippen LogP contribution is 2.42. The van der Waals surface area contributed by atoms with Crippen molar-refractivity contribution in [2.75, 3.05) is 12.4 Å². The third-order valence-corrected chi connectivity index (χ3v) is 5.66. The Hall–Kier alpha value is -3.82. The molecule has 0 saturated heterocycles. The van der Waals surface area contributed by atoms with E-state index in [2.05, 4.69) is 11.1 Å². The summed E-state index contributed by atoms with van der Waals surface area (Å²) in [4.78, 5) is 17.3. The number of aryl methyl sites for hydroxylation is 1. The maximum atomic E-state index is 14.7. The molecule has 0 amide bonds. The van der Waals surface area contributed by atoms with E-state index in [4.69, 9.17) is 15.2 Å². The Balaban J connectivity index is 2.12. The van der Waals surface area contributed by atoms with Crippen LogP contribution in [0.5, 0.6) is 0 Å². The molecule has 9 heteroatoms. The average Bonchev–Trinajstić information content (AvgIpc) is 2.77. The summed E-state index contributed by atoms with van der Waals surface area (Å²) in [5, 5.41) is 19.5. The Morgan fingerprint density at radius 1 is 1.28 bits per heavy atom. The first-order valence-corrected chi connectivity index (χ1v) is 10.6. The molecule has 2 N–H and O–H groups in total. The van der Waals surface area contributed by atoms with Crippen molar-refractivity contribution in [2.45, 2.75) is 24.8 Å². The number of aromatic nitrogens is 1. The molecule has 0 unspecified atom stereocenters. The summed E-state index contributed by atoms with van der Waals surface area (Å²) in [7, 11) is 0. The molecule has 1 aromatic carbocycles. The smallest absolute Gasteiger partial charge is 0.338 e. The Bertz CT molecular complexity index is 1210. The number of carbonyl (C=O) groups is 1. The van der Waals surface area contributed by atoms with Gasteiger partial charge in [0.2, 0.25) is 5.88 Å². The van der Waals surface area contributed by atoms with E-state index in [9.17, 15) is 19.7 Å². The molecule has 1 atom stereocenters. The second kappa shape index (κ2) is 9.99. The number of ether oxygens (including phenoxy) is 2. The van der Waals surface area contributed by atoms with E-state index in [-0.39, 0.29) is 40.7 Å². The lowest BCUT2D eigenvalue weighted by Gasteiger charge is -2.28. The molecule has 0 fully saturated rings. The van der Waals surface area contributed by atoms with Gasteiger partial charge in [-0.3, -0.25) is 0 Å². The quantitative estimate of drug-likeness (QED) is 0.521. The van der Waals surface area contributed by atoms with Gasteiger partial charge in [0.25, 0.3) is 0 Å². The van der Waals surface area contributed by atoms with Crippen molar-refractivity contribution in [2.24, 2.45) is 5.73 Å². The number of rotatable bonds is 6. The van der Waals surface area contributed by atoms with Crippen molar-refractivity contribution >= 4 is 17.7 Å². The summed E-state index contributed by atoms with van der Waals surface area (Å²) in [6.07, 6.45) is 0. The standard InChI is InChI=1S/C23H19FN4O3S/c1-3-30-23(29)20-18(12-32-22-14(10-25)9-8-13(2)28-22)31-21(27)16(11-26)19(20)15-6-4-5-7-17(15)24/h4-9,19H,3,12,27H2,1-2H3/t19-/m1/s1. The molecular formula is C23H19FN4O3S. The molecule has 162 valence electrons. The first kappa shape index (κ1) is 22.9. The SMILES string of the molecule is CCOC(=O)C1=C(CSc2nc(C)ccc2C#N)OC(N)=C(C#N)[C@H]1c1ccccc1F. The maximum absolute atomic E-state index is 14.7. The minimum atomic E-state index is -1.09. The van der Waals surface area contributed by atoms with E-state index >= 15 is 0 Å². The third kappa shape index (κ3) is 4.58. The van der Waals surface area contributed by atoms with E-state index in [1.54, 1.807) is 32.0 Å². The van der Waals surface area contributed by atoms with Crippen LogP contribution in [0.25, 0.3) is 0 Å². The summed E-state index contributed by atoms with van der Waals surface area (Å²) in [5.41, 5.74) is 7.08. The zero-order chi connectivity index (χ0) is 23.3. The molecule has 2 aromatic rings. The van der Waals surface area contributed by atoms with Gasteiger partial charge in [-0.25, -0.2) is 14.2 Å². The van der Waals surface area contributed by atoms with Crippen LogP contribution in [-0.2, 0) is 14.3 Å². The van der Waals surface area contributed by atoms with Gasteiger partial charge in [0, 0.05) is 11.3 Å². The summed E-state index contributed by atoms with van der Waals surface area (Å²) >= 11 is 1.16. The number of allylic oxidation sites excluding steroid dienone is 1. The lowest BCUT2D eigenvalue weighted by molar-refractivity contribution is -0.139. The van der Waals surface area contributed by atoms with Gasteiger partial charge in [-0.05, 0) is 32.0 Å². The second-order valence-electron chi connectivity index (χ2n) is 6.71. The number of benzene rings is 1. The van der Waals surface area contributed by atoms with E-state index in [1.165, 1.54) is 18.2 Å². The zero-order valence-corrected chi connectivity index (χ0v) is 18.2. The molecule has 0 radical (unpaired) electrons. The predicted octanol–water partition coefficient (Wildman–Crippen LogP) is 3.82. The number of carbonyl (C=O) groups excluding carboxylic acids is 1. The Labute approximate surface area is 189 Å². The second-order valence-corrected chi connectivity index (χ2v) is 7.67. The molecule has 0 bridgehead atoms. The fourth-order valence-electron chi connectivity index (χ4n) is 3.24. The Morgan fingerprint density at radius 3 is 2.69 bits per heavy atom. The zero-order valence-electron chi connectivity index (χ0n) is 17.4. The van der Waals surface area contributed by atoms with Crippen molar-refractivity contribution in [3.63, 3.8) is 0 Å². The van der Waals surface area contributed by atoms with Crippen LogP contribution in [0.15, 0.2) is 64.2 Å². The van der Waals surface area contributed by atoms with Crippen LogP contribution >= 0.6 is 11.8 Å². The van der Waals surface area contributed by atoms with Gasteiger partial charge in [0.15, 0.2) is 0 Å². The van der Waals surface area contributed by atoms with E-state index in [0.29, 0.717) is 16.3 Å². The van der Waals surface area contributed by atoms with Gasteiger partial charge < -0.3 is 15.2 Å². The maximum Gasteiger partial charge on any atom is 0.338 e. The minimum absolute atomic E-state index is 0.0126. The number of nitriles is 2. The van der Waals surface area contributed by atoms with E-state index < -0.39 is 17.7 Å². The van der Waals surface area contributed by atoms with Crippen LogP contribution in [0, 0.1) is 35.4 Å². The molecule has 2 heterocycles. The van der Waals surface area contributed by atoms with Gasteiger partial charge >= 0.3 is 5.97 Å². The molecule has 32 heavy (non-hydrogen) atoms. The van der Waals surface area contributed by atoms with Gasteiger partial charge in [0.05, 0.1) is 29.4 Å². The van der Waals surface area contributed by atoms with Crippen LogP contribution in [-0.4, -0.2) is 23.3 Å². The number of thioether (sulfide) groups is 1. The van der Waals surface area contributed by atoms with Crippen molar-refractivity contribution in [3.05, 3.63) is 81.8 Å². The highest BCUT2D eigenvalue weighted by Gasteiger charge is 2.38. The first-order valence-electron chi connectivity index (χ1n) is 9.63. The summed E-state index contributed by atoms with van der Waals surface area (Å²) in [6.45, 7) is 3.51. The molecular weight excluding hydrogens is 431 g/mol. The van der Waals surface area contributed by atoms with Crippen molar-refractivity contribution in [3.8, 4) is 12.1 Å². The van der Waals surface area contributed by atoms with Gasteiger partial charge in [-0.2, -0.15) is 10.5 Å². The summed E-state index contributed by atoms with van der Waals surface area (Å²) in [5.74, 6) is -2.47. The molecule has 3 rings (SSSR count). The molecule has 0 saturated carbocycles. The lowest BCUT2D eigenvalue weighted by atomic mass is 9.83. The summed E-state index contributed by atoms with van der Waals surface area (Å²) in [6, 6.07) is 13.2. The average molecular weight is 450 g/mol. The molecule has 1 aromatic heterocycles. The molecule has 0 spiro atoms. The number of nitrogens with two attached hydrogens (primary N) is 1. The van der Waals surface area contributed by atoms with Crippen molar-refractivity contribution < 1.29 is 18.7 Å². The molecule has 7 nitrogen and oxygen atoms in total. The fourth-order valence-corrected chi connectivity index (χ4v) is 4.20. The lowest BCUT2D eigenvalue weighted by Crippen LogP contribution is -2.27. The Kier molecular flexibility index (Phi) is 7.14. The number of hydrogen-bond donors (Lipinski definition) is 1. The normalized spacial score (nSPS) is 15.6. The third-order valence-electron chi connectivity index (χ3n) is 4.67. The van der Waals surface area contributed by atoms with Gasteiger partial charge in [-0.1, -0.05) is 30.0 Å². The largest absolute Gasteiger partial charge is 0.463 e. The number of pyridine rings is 1. The van der Waals surface area contributed by atoms with Crippen LogP contribution in [0.4, 0.5) is 4.39 Å². The van der Waals surface area contributed by atoms with Gasteiger partial charge in [0.1, 0.15) is 34.3 Å². The molecule has 1 aliphatic heterocycles. The number of esters is 1. The van der Waals surface area contributed by atoms with Crippen LogP contribution < -0.4 is 5.73 Å². The number of halogens is 1. The molecule has 1 aliphatic rings. The highest BCUT2D eigenvalue weighted by molar-refractivity contribution is 7.99. The number of hydrogen-bond acceptors (Lipinski definition) is 8. The monoisotopic (exact) mass is 450 g/mol. The fraction of sp³-hybridized carbons (Fsp3) is 0.217. The number of nitrogens with zero attached hydrogens (tertiary/aromatic N) is 3. The van der Waals surface area contributed by atoms with Crippen LogP contribution in [0.1, 0.15) is 29.7 Å². The van der Waals surface area contributed by atoms with E-state index in [1.807, 2.05) is 6.07 Å². The van der Waals surface area contributed by atoms with Crippen LogP contribution in [0.3, 0.4) is 0 Å². The highest BCUT2D eigenvalue weighted by atomic mass is 32.2. The predicted molar refractivity (Wildman–Crippen MR) is 115 cm³/mol. The van der Waals surface area contributed by atoms with Crippen LogP contribution in [0.2, 0.25) is 0 Å². The topological polar surface area (TPSA) is 122 Å². The minimum Gasteiger partial charge on any atom is -0.463 e. The van der Waals surface area contributed by atoms with Crippen molar-refractivity contribution in [1.29, 1.82) is 10.5 Å². The van der Waals surface area contributed by atoms with Gasteiger partial charge in [-0.15, -0.1) is 0 Å². The Morgan fingerprint density at radius 2 is 2.03 bits per heavy atom. The summed E-state index contributed by atoms with van der Waals surface area (Å²) < 4.78 is 25.6. The van der Waals surface area contributed by atoms with E-state index in [0.717, 1.165) is 11.8 Å². The first-order chi connectivity index (χ1) is 15.4. The molecule has 0 aliphatic carbocycles. The van der Waals surface area contributed by atoms with Crippen molar-refractivity contribution in [1.82, 2.24) is 4.98 Å².